The number of primary sulfonamides is 1. The summed E-state index contributed by atoms with van der Waals surface area (Å²) < 4.78 is 36.6. The molecule has 0 saturated heterocycles. The summed E-state index contributed by atoms with van der Waals surface area (Å²) in [6.07, 6.45) is 7.43. The lowest BCUT2D eigenvalue weighted by molar-refractivity contribution is 0.0601. The minimum absolute atomic E-state index is 0.0231. The van der Waals surface area contributed by atoms with E-state index in [1.807, 2.05) is 18.2 Å². The van der Waals surface area contributed by atoms with Gasteiger partial charge in [-0.15, -0.1) is 0 Å². The number of rotatable bonds is 11. The lowest BCUT2D eigenvalue weighted by Crippen LogP contribution is -2.44. The van der Waals surface area contributed by atoms with Crippen molar-refractivity contribution in [2.45, 2.75) is 63.5 Å². The van der Waals surface area contributed by atoms with Crippen molar-refractivity contribution in [3.63, 3.8) is 0 Å². The van der Waals surface area contributed by atoms with Gasteiger partial charge in [-0.3, -0.25) is 4.90 Å². The number of fused-ring (bicyclic) bond motifs is 5. The zero-order valence-corrected chi connectivity index (χ0v) is 26.6. The SMILES string of the molecule is COC(=O)c1ccc2c(C3CCCCC3)c3n(c2c1)C[C@@H](N(C)CCN(C)CCCCS(N)(=O)=O)COc1ccccc1-3. The van der Waals surface area contributed by atoms with Crippen molar-refractivity contribution >= 4 is 26.9 Å². The highest BCUT2D eigenvalue weighted by Crippen LogP contribution is 2.47. The largest absolute Gasteiger partial charge is 0.491 e. The summed E-state index contributed by atoms with van der Waals surface area (Å²) in [6, 6.07) is 14.5. The number of unbranched alkanes of at least 4 members (excludes halogenated alkanes) is 1. The fourth-order valence-electron chi connectivity index (χ4n) is 6.72. The Labute approximate surface area is 256 Å². The van der Waals surface area contributed by atoms with Gasteiger partial charge < -0.3 is 18.9 Å². The van der Waals surface area contributed by atoms with E-state index >= 15 is 0 Å². The lowest BCUT2D eigenvalue weighted by atomic mass is 9.81. The Bertz CT molecular complexity index is 1530. The van der Waals surface area contributed by atoms with E-state index in [1.165, 1.54) is 55.9 Å². The van der Waals surface area contributed by atoms with Gasteiger partial charge in [-0.05, 0) is 82.1 Å². The van der Waals surface area contributed by atoms with Gasteiger partial charge in [0, 0.05) is 36.1 Å². The van der Waals surface area contributed by atoms with Crippen molar-refractivity contribution in [2.24, 2.45) is 5.14 Å². The van der Waals surface area contributed by atoms with Crippen molar-refractivity contribution in [3.8, 4) is 17.0 Å². The summed E-state index contributed by atoms with van der Waals surface area (Å²) in [6.45, 7) is 3.76. The molecule has 1 aromatic heterocycles. The Hall–Kier alpha value is -2.92. The fraction of sp³-hybridized carbons (Fsp3) is 0.545. The molecule has 1 fully saturated rings. The summed E-state index contributed by atoms with van der Waals surface area (Å²) in [5.41, 5.74) is 5.33. The second-order valence-corrected chi connectivity index (χ2v) is 14.0. The van der Waals surface area contributed by atoms with Crippen molar-refractivity contribution in [1.82, 2.24) is 14.4 Å². The molecule has 43 heavy (non-hydrogen) atoms. The maximum absolute atomic E-state index is 12.6. The molecule has 0 amide bonds. The maximum atomic E-state index is 12.6. The van der Waals surface area contributed by atoms with Crippen LogP contribution in [0.2, 0.25) is 0 Å². The molecule has 5 rings (SSSR count). The van der Waals surface area contributed by atoms with Gasteiger partial charge in [0.05, 0.1) is 30.2 Å². The van der Waals surface area contributed by atoms with Crippen molar-refractivity contribution < 1.29 is 22.7 Å². The van der Waals surface area contributed by atoms with Crippen LogP contribution in [0, 0.1) is 0 Å². The molecule has 2 aromatic carbocycles. The Morgan fingerprint density at radius 1 is 1.05 bits per heavy atom. The minimum atomic E-state index is -3.41. The number of hydrogen-bond donors (Lipinski definition) is 1. The smallest absolute Gasteiger partial charge is 0.337 e. The molecule has 1 atom stereocenters. The molecular weight excluding hydrogens is 564 g/mol. The Morgan fingerprint density at radius 3 is 2.56 bits per heavy atom. The average molecular weight is 611 g/mol. The Balaban J connectivity index is 1.47. The van der Waals surface area contributed by atoms with Crippen LogP contribution in [-0.4, -0.2) is 88.0 Å². The molecule has 10 heteroatoms. The number of methoxy groups -OCH3 is 1. The molecule has 234 valence electrons. The number of nitrogens with two attached hydrogens (primary N) is 1. The second-order valence-electron chi connectivity index (χ2n) is 12.3. The summed E-state index contributed by atoms with van der Waals surface area (Å²) >= 11 is 0. The average Bonchev–Trinajstić information content (AvgIpc) is 3.31. The number of ether oxygens (including phenoxy) is 2. The number of sulfonamides is 1. The molecule has 0 bridgehead atoms. The first kappa shape index (κ1) is 31.5. The van der Waals surface area contributed by atoms with Crippen LogP contribution < -0.4 is 9.88 Å². The molecule has 2 aliphatic rings. The van der Waals surface area contributed by atoms with Crippen LogP contribution in [0.25, 0.3) is 22.2 Å². The normalized spacial score (nSPS) is 17.8. The molecular formula is C33H46N4O5S. The minimum Gasteiger partial charge on any atom is -0.491 e. The molecule has 0 radical (unpaired) electrons. The van der Waals surface area contributed by atoms with Crippen molar-refractivity contribution in [2.75, 3.05) is 53.2 Å². The third kappa shape index (κ3) is 7.42. The number of esters is 1. The Morgan fingerprint density at radius 2 is 1.81 bits per heavy atom. The van der Waals surface area contributed by atoms with Crippen LogP contribution in [0.15, 0.2) is 42.5 Å². The molecule has 2 N–H and O–H groups in total. The molecule has 2 heterocycles. The maximum Gasteiger partial charge on any atom is 0.337 e. The third-order valence-electron chi connectivity index (χ3n) is 9.18. The number of likely N-dealkylation sites (N-methyl/N-ethyl adjacent to an activating group) is 2. The number of carbonyl (C=O) groups excluding carboxylic acids is 1. The highest BCUT2D eigenvalue weighted by molar-refractivity contribution is 7.89. The highest BCUT2D eigenvalue weighted by atomic mass is 32.2. The summed E-state index contributed by atoms with van der Waals surface area (Å²) in [5.74, 6) is 1.05. The predicted octanol–water partition coefficient (Wildman–Crippen LogP) is 4.84. The zero-order valence-electron chi connectivity index (χ0n) is 25.8. The van der Waals surface area contributed by atoms with Gasteiger partial charge in [0.25, 0.3) is 0 Å². The molecule has 9 nitrogen and oxygen atoms in total. The lowest BCUT2D eigenvalue weighted by Gasteiger charge is -2.33. The number of carbonyl (C=O) groups is 1. The van der Waals surface area contributed by atoms with Crippen LogP contribution in [-0.2, 0) is 21.3 Å². The first-order valence-corrected chi connectivity index (χ1v) is 17.2. The van der Waals surface area contributed by atoms with Gasteiger partial charge in [0.15, 0.2) is 0 Å². The zero-order chi connectivity index (χ0) is 30.6. The van der Waals surface area contributed by atoms with Gasteiger partial charge in [0.2, 0.25) is 10.0 Å². The Kier molecular flexibility index (Phi) is 10.1. The van der Waals surface area contributed by atoms with E-state index in [-0.39, 0.29) is 17.8 Å². The summed E-state index contributed by atoms with van der Waals surface area (Å²) in [7, 11) is 2.23. The van der Waals surface area contributed by atoms with E-state index in [0.29, 0.717) is 24.5 Å². The van der Waals surface area contributed by atoms with E-state index in [2.05, 4.69) is 52.7 Å². The van der Waals surface area contributed by atoms with Crippen LogP contribution in [0.3, 0.4) is 0 Å². The second kappa shape index (κ2) is 13.8. The molecule has 0 unspecified atom stereocenters. The fourth-order valence-corrected chi connectivity index (χ4v) is 7.32. The van der Waals surface area contributed by atoms with Gasteiger partial charge in [-0.1, -0.05) is 37.5 Å². The third-order valence-corrected chi connectivity index (χ3v) is 10.0. The van der Waals surface area contributed by atoms with E-state index in [0.717, 1.165) is 49.4 Å². The van der Waals surface area contributed by atoms with Crippen LogP contribution in [0.5, 0.6) is 5.75 Å². The quantitative estimate of drug-likeness (QED) is 0.245. The van der Waals surface area contributed by atoms with Gasteiger partial charge in [0.1, 0.15) is 12.4 Å². The summed E-state index contributed by atoms with van der Waals surface area (Å²) in [5, 5.41) is 6.36. The standard InChI is InChI=1S/C33H46N4O5S/c1-35(17-9-10-20-43(34,39)40)18-19-36(2)26-22-37-29-21-25(33(38)41-3)15-16-27(29)31(24-11-5-4-6-12-24)32(37)28-13-7-8-14-30(28)42-23-26/h7-8,13-16,21,24,26H,4-6,9-12,17-20,22-23H2,1-3H3,(H2,34,39,40)/t26-/m1/s1. The number of aromatic nitrogens is 1. The van der Waals surface area contributed by atoms with Crippen LogP contribution >= 0.6 is 0 Å². The van der Waals surface area contributed by atoms with Crippen LogP contribution in [0.4, 0.5) is 0 Å². The van der Waals surface area contributed by atoms with E-state index in [9.17, 15) is 13.2 Å². The molecule has 1 aliphatic heterocycles. The number of nitrogens with zero attached hydrogens (tertiary/aromatic N) is 3. The number of benzene rings is 2. The molecule has 3 aromatic rings. The van der Waals surface area contributed by atoms with Gasteiger partial charge in [-0.25, -0.2) is 18.4 Å². The first-order chi connectivity index (χ1) is 20.7. The van der Waals surface area contributed by atoms with Crippen molar-refractivity contribution in [3.05, 3.63) is 53.6 Å². The topological polar surface area (TPSA) is 107 Å². The van der Waals surface area contributed by atoms with Gasteiger partial charge in [-0.2, -0.15) is 0 Å². The summed E-state index contributed by atoms with van der Waals surface area (Å²) in [4.78, 5) is 17.2. The van der Waals surface area contributed by atoms with Gasteiger partial charge >= 0.3 is 5.97 Å². The van der Waals surface area contributed by atoms with E-state index in [1.54, 1.807) is 0 Å². The highest BCUT2D eigenvalue weighted by Gasteiger charge is 2.31. The number of para-hydroxylation sites is 1. The predicted molar refractivity (Wildman–Crippen MR) is 171 cm³/mol. The monoisotopic (exact) mass is 610 g/mol. The molecule has 1 saturated carbocycles. The molecule has 0 spiro atoms. The molecule has 1 aliphatic carbocycles. The van der Waals surface area contributed by atoms with E-state index < -0.39 is 10.0 Å². The first-order valence-electron chi connectivity index (χ1n) is 15.5. The number of hydrogen-bond acceptors (Lipinski definition) is 7. The van der Waals surface area contributed by atoms with Crippen LogP contribution in [0.1, 0.15) is 66.8 Å². The van der Waals surface area contributed by atoms with Crippen molar-refractivity contribution in [1.29, 1.82) is 0 Å². The van der Waals surface area contributed by atoms with E-state index in [4.69, 9.17) is 14.6 Å².